The molecule has 1 aliphatic rings. The number of aliphatic carboxylic acids is 1. The molecule has 0 bridgehead atoms. The van der Waals surface area contributed by atoms with Crippen LogP contribution in [0.2, 0.25) is 0 Å². The summed E-state index contributed by atoms with van der Waals surface area (Å²) in [7, 11) is 0. The van der Waals surface area contributed by atoms with Gasteiger partial charge in [-0.3, -0.25) is 4.79 Å². The van der Waals surface area contributed by atoms with Crippen LogP contribution in [0, 0.1) is 5.92 Å². The lowest BCUT2D eigenvalue weighted by atomic mass is 10.0. The molecule has 1 rings (SSSR count). The molecular weight excluding hydrogens is 268 g/mol. The maximum Gasteiger partial charge on any atom is 0.317 e. The molecule has 1 fully saturated rings. The van der Waals surface area contributed by atoms with Crippen molar-refractivity contribution in [2.24, 2.45) is 5.92 Å². The molecule has 0 radical (unpaired) electrons. The van der Waals surface area contributed by atoms with E-state index in [1.54, 1.807) is 4.90 Å². The summed E-state index contributed by atoms with van der Waals surface area (Å²) in [6.45, 7) is 5.13. The number of amides is 2. The highest BCUT2D eigenvalue weighted by Gasteiger charge is 2.17. The summed E-state index contributed by atoms with van der Waals surface area (Å²) in [5.41, 5.74) is 0. The highest BCUT2D eigenvalue weighted by molar-refractivity contribution is 5.74. The van der Waals surface area contributed by atoms with Gasteiger partial charge in [-0.1, -0.05) is 25.7 Å². The van der Waals surface area contributed by atoms with Crippen LogP contribution in [0.4, 0.5) is 4.79 Å². The number of hydrogen-bond acceptors (Lipinski definition) is 2. The van der Waals surface area contributed by atoms with Crippen molar-refractivity contribution in [1.29, 1.82) is 0 Å². The first-order valence-electron chi connectivity index (χ1n) is 8.27. The van der Waals surface area contributed by atoms with Crippen molar-refractivity contribution >= 4 is 12.0 Å². The molecule has 2 N–H and O–H groups in total. The molecule has 2 amide bonds. The molecule has 122 valence electrons. The van der Waals surface area contributed by atoms with Gasteiger partial charge in [0.05, 0.1) is 0 Å². The van der Waals surface area contributed by atoms with Gasteiger partial charge in [-0.05, 0) is 39.0 Å². The van der Waals surface area contributed by atoms with Crippen LogP contribution in [0.3, 0.4) is 0 Å². The average Bonchev–Trinajstić information content (AvgIpc) is 2.92. The van der Waals surface area contributed by atoms with Gasteiger partial charge in [0.25, 0.3) is 0 Å². The molecule has 21 heavy (non-hydrogen) atoms. The Bertz CT molecular complexity index is 325. The fourth-order valence-electron chi connectivity index (χ4n) is 2.98. The molecule has 0 spiro atoms. The second kappa shape index (κ2) is 9.64. The van der Waals surface area contributed by atoms with Crippen molar-refractivity contribution < 1.29 is 14.7 Å². The van der Waals surface area contributed by atoms with Crippen LogP contribution in [0.25, 0.3) is 0 Å². The predicted octanol–water partition coefficient (Wildman–Crippen LogP) is 3.24. The van der Waals surface area contributed by atoms with Gasteiger partial charge in [-0.2, -0.15) is 0 Å². The molecular formula is C16H30N2O3. The quantitative estimate of drug-likeness (QED) is 0.642. The standard InChI is InChI=1S/C16H30N2O3/c1-13(2)18(12-6-10-15(19)20)16(21)17-11-5-9-14-7-3-4-8-14/h13-14H,3-12H2,1-2H3,(H,17,21)(H,19,20). The molecule has 0 aromatic carbocycles. The number of carboxylic acid groups (broad SMARTS) is 1. The molecule has 5 heteroatoms. The summed E-state index contributed by atoms with van der Waals surface area (Å²) >= 11 is 0. The van der Waals surface area contributed by atoms with Gasteiger partial charge < -0.3 is 15.3 Å². The van der Waals surface area contributed by atoms with Crippen molar-refractivity contribution in [3.05, 3.63) is 0 Å². The monoisotopic (exact) mass is 298 g/mol. The second-order valence-corrected chi connectivity index (χ2v) is 6.31. The summed E-state index contributed by atoms with van der Waals surface area (Å²) in [4.78, 5) is 24.4. The SMILES string of the molecule is CC(C)N(CCCC(=O)O)C(=O)NCCCC1CCCC1. The molecule has 0 heterocycles. The van der Waals surface area contributed by atoms with E-state index in [4.69, 9.17) is 5.11 Å². The summed E-state index contributed by atoms with van der Waals surface area (Å²) < 4.78 is 0. The van der Waals surface area contributed by atoms with Crippen molar-refractivity contribution in [3.8, 4) is 0 Å². The van der Waals surface area contributed by atoms with Crippen LogP contribution in [0.5, 0.6) is 0 Å². The van der Waals surface area contributed by atoms with E-state index in [1.165, 1.54) is 32.1 Å². The summed E-state index contributed by atoms with van der Waals surface area (Å²) in [5, 5.41) is 11.6. The first-order valence-corrected chi connectivity index (χ1v) is 8.27. The van der Waals surface area contributed by atoms with E-state index in [1.807, 2.05) is 13.8 Å². The molecule has 1 saturated carbocycles. The van der Waals surface area contributed by atoms with Gasteiger partial charge in [0.1, 0.15) is 0 Å². The third-order valence-corrected chi connectivity index (χ3v) is 4.21. The summed E-state index contributed by atoms with van der Waals surface area (Å²) in [5.74, 6) is 0.0503. The molecule has 0 aliphatic heterocycles. The number of carbonyl (C=O) groups excluding carboxylic acids is 1. The maximum atomic E-state index is 12.1. The fourth-order valence-corrected chi connectivity index (χ4v) is 2.98. The topological polar surface area (TPSA) is 69.6 Å². The van der Waals surface area contributed by atoms with Gasteiger partial charge in [-0.15, -0.1) is 0 Å². The minimum Gasteiger partial charge on any atom is -0.481 e. The number of carbonyl (C=O) groups is 2. The van der Waals surface area contributed by atoms with E-state index in [0.717, 1.165) is 18.9 Å². The van der Waals surface area contributed by atoms with E-state index in [2.05, 4.69) is 5.32 Å². The normalized spacial score (nSPS) is 15.4. The fraction of sp³-hybridized carbons (Fsp3) is 0.875. The van der Waals surface area contributed by atoms with E-state index < -0.39 is 5.97 Å². The van der Waals surface area contributed by atoms with Crippen molar-refractivity contribution in [1.82, 2.24) is 10.2 Å². The van der Waals surface area contributed by atoms with Gasteiger partial charge in [0.15, 0.2) is 0 Å². The van der Waals surface area contributed by atoms with Crippen molar-refractivity contribution in [2.75, 3.05) is 13.1 Å². The van der Waals surface area contributed by atoms with E-state index >= 15 is 0 Å². The first-order chi connectivity index (χ1) is 10.0. The predicted molar refractivity (Wildman–Crippen MR) is 83.3 cm³/mol. The Kier molecular flexibility index (Phi) is 8.16. The highest BCUT2D eigenvalue weighted by Crippen LogP contribution is 2.28. The van der Waals surface area contributed by atoms with Crippen LogP contribution < -0.4 is 5.32 Å². The molecule has 0 aromatic rings. The van der Waals surface area contributed by atoms with Crippen LogP contribution in [-0.4, -0.2) is 41.1 Å². The van der Waals surface area contributed by atoms with Crippen LogP contribution in [-0.2, 0) is 4.79 Å². The molecule has 0 unspecified atom stereocenters. The Morgan fingerprint density at radius 2 is 1.90 bits per heavy atom. The van der Waals surface area contributed by atoms with Crippen molar-refractivity contribution in [2.45, 2.75) is 71.3 Å². The zero-order valence-electron chi connectivity index (χ0n) is 13.4. The minimum atomic E-state index is -0.810. The zero-order valence-corrected chi connectivity index (χ0v) is 13.4. The number of nitrogens with zero attached hydrogens (tertiary/aromatic N) is 1. The largest absolute Gasteiger partial charge is 0.481 e. The van der Waals surface area contributed by atoms with Crippen LogP contribution >= 0.6 is 0 Å². The molecule has 0 atom stereocenters. The first kappa shape index (κ1) is 17.8. The number of rotatable bonds is 9. The number of hydrogen-bond donors (Lipinski definition) is 2. The smallest absolute Gasteiger partial charge is 0.317 e. The van der Waals surface area contributed by atoms with Crippen molar-refractivity contribution in [3.63, 3.8) is 0 Å². The zero-order chi connectivity index (χ0) is 15.7. The van der Waals surface area contributed by atoms with Crippen LogP contribution in [0.15, 0.2) is 0 Å². The Balaban J connectivity index is 2.19. The molecule has 0 saturated heterocycles. The Morgan fingerprint density at radius 1 is 1.24 bits per heavy atom. The average molecular weight is 298 g/mol. The molecule has 5 nitrogen and oxygen atoms in total. The van der Waals surface area contributed by atoms with Gasteiger partial charge in [0, 0.05) is 25.6 Å². The molecule has 0 aromatic heterocycles. The number of nitrogens with one attached hydrogen (secondary N) is 1. The van der Waals surface area contributed by atoms with E-state index in [-0.39, 0.29) is 18.5 Å². The lowest BCUT2D eigenvalue weighted by Gasteiger charge is -2.27. The maximum absolute atomic E-state index is 12.1. The van der Waals surface area contributed by atoms with Gasteiger partial charge in [-0.25, -0.2) is 4.79 Å². The number of urea groups is 1. The van der Waals surface area contributed by atoms with E-state index in [9.17, 15) is 9.59 Å². The minimum absolute atomic E-state index is 0.0678. The third kappa shape index (κ3) is 7.34. The lowest BCUT2D eigenvalue weighted by molar-refractivity contribution is -0.137. The Morgan fingerprint density at radius 3 is 2.48 bits per heavy atom. The lowest BCUT2D eigenvalue weighted by Crippen LogP contribution is -2.44. The Hall–Kier alpha value is -1.26. The Labute approximate surface area is 128 Å². The summed E-state index contributed by atoms with van der Waals surface area (Å²) in [6.07, 6.45) is 8.28. The highest BCUT2D eigenvalue weighted by atomic mass is 16.4. The van der Waals surface area contributed by atoms with Gasteiger partial charge in [0.2, 0.25) is 0 Å². The second-order valence-electron chi connectivity index (χ2n) is 6.31. The molecule has 1 aliphatic carbocycles. The summed E-state index contributed by atoms with van der Waals surface area (Å²) in [6, 6.07) is 0.0236. The van der Waals surface area contributed by atoms with Gasteiger partial charge >= 0.3 is 12.0 Å². The van der Waals surface area contributed by atoms with Crippen LogP contribution in [0.1, 0.15) is 65.2 Å². The third-order valence-electron chi connectivity index (χ3n) is 4.21. The number of carboxylic acids is 1. The van der Waals surface area contributed by atoms with E-state index in [0.29, 0.717) is 13.0 Å².